The first-order valence-corrected chi connectivity index (χ1v) is 24.7. The number of thiocarbonyl (C=S) groups is 1. The minimum Gasteiger partial charge on any atom is -0.490 e. The highest BCUT2D eigenvalue weighted by Crippen LogP contribution is 2.42. The number of nitrogens with zero attached hydrogens (tertiary/aromatic N) is 6. The Balaban J connectivity index is 0.865. The molecule has 4 amide bonds. The number of likely N-dealkylation sites (tertiary alicyclic amines) is 1. The van der Waals surface area contributed by atoms with Gasteiger partial charge >= 0.3 is 6.18 Å². The Hall–Kier alpha value is -6.93. The van der Waals surface area contributed by atoms with E-state index >= 15 is 8.78 Å². The fourth-order valence-electron chi connectivity index (χ4n) is 8.62. The predicted octanol–water partition coefficient (Wildman–Crippen LogP) is 8.25. The second-order valence-corrected chi connectivity index (χ2v) is 20.6. The van der Waals surface area contributed by atoms with Crippen LogP contribution in [0.3, 0.4) is 0 Å². The van der Waals surface area contributed by atoms with Gasteiger partial charge in [-0.25, -0.2) is 13.8 Å². The van der Waals surface area contributed by atoms with Gasteiger partial charge in [0.1, 0.15) is 23.8 Å². The number of hydrogen-bond acceptors (Lipinski definition) is 12. The third-order valence-electron chi connectivity index (χ3n) is 12.7. The van der Waals surface area contributed by atoms with Gasteiger partial charge in [0.2, 0.25) is 17.7 Å². The van der Waals surface area contributed by atoms with E-state index in [9.17, 15) is 42.7 Å². The van der Waals surface area contributed by atoms with Crippen LogP contribution in [0.1, 0.15) is 76.3 Å². The molecule has 3 atom stereocenters. The number of ether oxygens (including phenoxy) is 2. The van der Waals surface area contributed by atoms with Crippen LogP contribution in [0.25, 0.3) is 21.7 Å². The number of β-amino-alcohol motifs (C(OH)–C–C–N with tert-alkyl or cyclic N) is 1. The zero-order valence-corrected chi connectivity index (χ0v) is 42.8. The van der Waals surface area contributed by atoms with Crippen molar-refractivity contribution in [2.45, 2.75) is 97.3 Å². The number of aromatic nitrogens is 2. The lowest BCUT2D eigenvalue weighted by molar-refractivity contribution is -0.140. The van der Waals surface area contributed by atoms with Crippen molar-refractivity contribution in [2.75, 3.05) is 36.2 Å². The van der Waals surface area contributed by atoms with Crippen LogP contribution in [0.4, 0.5) is 33.3 Å². The Morgan fingerprint density at radius 1 is 1.01 bits per heavy atom. The Bertz CT molecular complexity index is 2980. The van der Waals surface area contributed by atoms with Gasteiger partial charge in [-0.2, -0.15) is 18.4 Å². The van der Waals surface area contributed by atoms with Crippen LogP contribution in [-0.4, -0.2) is 98.8 Å². The van der Waals surface area contributed by atoms with E-state index < -0.39 is 81.5 Å². The molecule has 0 unspecified atom stereocenters. The molecule has 2 aliphatic rings. The number of aliphatic hydroxyl groups excluding tert-OH is 1. The maximum absolute atomic E-state index is 15.4. The number of halogens is 5. The van der Waals surface area contributed by atoms with Crippen LogP contribution in [0, 0.1) is 35.3 Å². The summed E-state index contributed by atoms with van der Waals surface area (Å²) in [5, 5.41) is 25.1. The Morgan fingerprint density at radius 2 is 1.73 bits per heavy atom. The van der Waals surface area contributed by atoms with Crippen molar-refractivity contribution in [3.05, 3.63) is 112 Å². The quantitative estimate of drug-likeness (QED) is 0.0460. The fourth-order valence-corrected chi connectivity index (χ4v) is 9.95. The topological polar surface area (TPSA) is 190 Å². The van der Waals surface area contributed by atoms with Crippen LogP contribution < -0.4 is 25.2 Å². The first-order valence-electron chi connectivity index (χ1n) is 23.4. The largest absolute Gasteiger partial charge is 0.490 e. The van der Waals surface area contributed by atoms with E-state index in [1.807, 2.05) is 52.0 Å². The number of aryl methyl sites for hydroxylation is 1. The Labute approximate surface area is 433 Å². The molecule has 7 rings (SSSR count). The number of benzene rings is 3. The van der Waals surface area contributed by atoms with Crippen molar-refractivity contribution in [1.82, 2.24) is 25.5 Å². The lowest BCUT2D eigenvalue weighted by Crippen LogP contribution is -2.51. The summed E-state index contributed by atoms with van der Waals surface area (Å²) in [5.41, 5.74) is -0.106. The summed E-state index contributed by atoms with van der Waals surface area (Å²) < 4.78 is 83.3. The summed E-state index contributed by atoms with van der Waals surface area (Å²) in [6, 6.07) is 16.4. The normalized spacial score (nSPS) is 17.1. The maximum Gasteiger partial charge on any atom is 0.420 e. The molecule has 0 bridgehead atoms. The van der Waals surface area contributed by atoms with Gasteiger partial charge in [0.25, 0.3) is 5.91 Å². The molecule has 0 aliphatic carbocycles. The van der Waals surface area contributed by atoms with Gasteiger partial charge in [-0.05, 0) is 92.0 Å². The van der Waals surface area contributed by atoms with E-state index in [4.69, 9.17) is 21.7 Å². The summed E-state index contributed by atoms with van der Waals surface area (Å²) in [6.07, 6.45) is -4.55. The van der Waals surface area contributed by atoms with Crippen molar-refractivity contribution in [1.29, 1.82) is 5.26 Å². The third kappa shape index (κ3) is 12.0. The number of pyridine rings is 1. The highest BCUT2D eigenvalue weighted by atomic mass is 32.1. The molecule has 5 aromatic rings. The average molecular weight is 1060 g/mol. The standard InChI is InChI=1S/C52H53F5N8O7S2/c1-29-46(74-28-61-29)31-10-8-30(9-11-31)24-60-47(69)39-21-35(66)26-63(39)43(68)22-41(50(2,3)4)62-42(67)27-71-18-7-19-72-40-17-13-32(20-36(40)53)37-15-14-34(25-59-37)65-49(73)64(48(70)51(65,5)6)38-16-12-33(23-58)44(45(38)54)52(55,56)57/h8-17,20,25,28,35,39,41,66H,7,18-19,21-22,24,26-27H2,1-6H3,(H,60,69)(H,62,67)/t35-,39+,41-/m1/s1. The Kier molecular flexibility index (Phi) is 16.5. The monoisotopic (exact) mass is 1060 g/mol. The van der Waals surface area contributed by atoms with Crippen LogP contribution in [0.15, 0.2) is 78.4 Å². The molecule has 390 valence electrons. The van der Waals surface area contributed by atoms with E-state index in [-0.39, 0.29) is 74.6 Å². The van der Waals surface area contributed by atoms with Gasteiger partial charge in [-0.3, -0.25) is 29.1 Å². The van der Waals surface area contributed by atoms with Crippen LogP contribution in [-0.2, 0) is 36.6 Å². The highest BCUT2D eigenvalue weighted by molar-refractivity contribution is 7.81. The minimum atomic E-state index is -5.23. The number of anilines is 2. The summed E-state index contributed by atoms with van der Waals surface area (Å²) in [4.78, 5) is 66.8. The molecule has 2 fully saturated rings. The SMILES string of the molecule is Cc1ncsc1-c1ccc(CNC(=O)[C@@H]2C[C@@H](O)CN2C(=O)C[C@@H](NC(=O)COCCCOc2ccc(-c3ccc(N4C(=S)N(c5ccc(C#N)c(C(F)(F)F)c5F)C(=O)C4(C)C)cn3)cc2F)C(C)(C)C)cc1. The van der Waals surface area contributed by atoms with Gasteiger partial charge in [0.15, 0.2) is 22.5 Å². The number of carbonyl (C=O) groups excluding carboxylic acids is 4. The number of carbonyl (C=O) groups is 4. The van der Waals surface area contributed by atoms with Crippen molar-refractivity contribution in [3.8, 4) is 33.5 Å². The van der Waals surface area contributed by atoms with Gasteiger partial charge in [0, 0.05) is 44.0 Å². The molecule has 2 saturated heterocycles. The number of aliphatic hydroxyl groups is 1. The summed E-state index contributed by atoms with van der Waals surface area (Å²) >= 11 is 7.05. The molecule has 0 saturated carbocycles. The molecule has 0 spiro atoms. The highest BCUT2D eigenvalue weighted by Gasteiger charge is 2.52. The lowest BCUT2D eigenvalue weighted by atomic mass is 9.84. The number of amides is 4. The molecule has 4 heterocycles. The lowest BCUT2D eigenvalue weighted by Gasteiger charge is -2.33. The number of hydrogen-bond donors (Lipinski definition) is 3. The molecule has 74 heavy (non-hydrogen) atoms. The number of nitrogens with one attached hydrogen (secondary N) is 2. The predicted molar refractivity (Wildman–Crippen MR) is 270 cm³/mol. The number of nitriles is 1. The fraction of sp³-hybridized carbons (Fsp3) is 0.385. The third-order valence-corrected chi connectivity index (χ3v) is 14.0. The van der Waals surface area contributed by atoms with E-state index in [2.05, 4.69) is 20.6 Å². The zero-order valence-electron chi connectivity index (χ0n) is 41.2. The first kappa shape index (κ1) is 54.8. The van der Waals surface area contributed by atoms with E-state index in [0.29, 0.717) is 16.2 Å². The number of thiazole rings is 1. The summed E-state index contributed by atoms with van der Waals surface area (Å²) in [7, 11) is 0. The molecule has 3 N–H and O–H groups in total. The van der Waals surface area contributed by atoms with E-state index in [1.165, 1.54) is 60.2 Å². The summed E-state index contributed by atoms with van der Waals surface area (Å²) in [5.74, 6) is -4.68. The van der Waals surface area contributed by atoms with Gasteiger partial charge in [-0.1, -0.05) is 45.0 Å². The second-order valence-electron chi connectivity index (χ2n) is 19.4. The van der Waals surface area contributed by atoms with Crippen molar-refractivity contribution in [2.24, 2.45) is 5.41 Å². The molecule has 2 aliphatic heterocycles. The second kappa shape index (κ2) is 22.3. The molecule has 3 aromatic carbocycles. The molecule has 22 heteroatoms. The number of rotatable bonds is 17. The maximum atomic E-state index is 15.4. The minimum absolute atomic E-state index is 0.0201. The Morgan fingerprint density at radius 3 is 2.35 bits per heavy atom. The van der Waals surface area contributed by atoms with Crippen LogP contribution >= 0.6 is 23.6 Å². The van der Waals surface area contributed by atoms with E-state index in [1.54, 1.807) is 22.9 Å². The van der Waals surface area contributed by atoms with Crippen molar-refractivity contribution in [3.63, 3.8) is 0 Å². The van der Waals surface area contributed by atoms with Crippen LogP contribution in [0.2, 0.25) is 0 Å². The van der Waals surface area contributed by atoms with Gasteiger partial charge in [-0.15, -0.1) is 11.3 Å². The first-order chi connectivity index (χ1) is 34.9. The average Bonchev–Trinajstić information content (AvgIpc) is 4.01. The molecule has 2 aromatic heterocycles. The molecular formula is C52H53F5N8O7S2. The van der Waals surface area contributed by atoms with Gasteiger partial charge < -0.3 is 35.0 Å². The number of alkyl halides is 3. The van der Waals surface area contributed by atoms with Gasteiger partial charge in [0.05, 0.1) is 70.3 Å². The molecule has 15 nitrogen and oxygen atoms in total. The van der Waals surface area contributed by atoms with Crippen molar-refractivity contribution >= 4 is 63.7 Å². The van der Waals surface area contributed by atoms with Crippen LogP contribution in [0.5, 0.6) is 5.75 Å². The van der Waals surface area contributed by atoms with Crippen molar-refractivity contribution < 1.29 is 55.7 Å². The smallest absolute Gasteiger partial charge is 0.420 e. The van der Waals surface area contributed by atoms with E-state index in [0.717, 1.165) is 33.8 Å². The zero-order chi connectivity index (χ0) is 53.9. The molecular weight excluding hydrogens is 1010 g/mol. The summed E-state index contributed by atoms with van der Waals surface area (Å²) in [6.45, 7) is 10.4. The molecule has 0 radical (unpaired) electrons.